The number of hydrogen-bond acceptors (Lipinski definition) is 5. The van der Waals surface area contributed by atoms with Crippen molar-refractivity contribution in [1.82, 2.24) is 4.98 Å². The number of nitrogens with zero attached hydrogens (tertiary/aromatic N) is 2. The molecule has 2 aromatic rings. The number of para-hydroxylation sites is 1. The van der Waals surface area contributed by atoms with Gasteiger partial charge in [-0.15, -0.1) is 0 Å². The number of fused-ring (bicyclic) bond motifs is 2. The van der Waals surface area contributed by atoms with Crippen LogP contribution in [0.4, 0.5) is 11.5 Å². The molecule has 5 nitrogen and oxygen atoms in total. The van der Waals surface area contributed by atoms with Crippen molar-refractivity contribution in [2.75, 3.05) is 11.5 Å². The molecule has 4 N–H and O–H groups in total. The average molecular weight is 294 g/mol. The summed E-state index contributed by atoms with van der Waals surface area (Å²) in [5, 5.41) is 9.16. The number of anilines is 2. The van der Waals surface area contributed by atoms with Crippen molar-refractivity contribution in [3.63, 3.8) is 0 Å². The first kappa shape index (κ1) is 14.2. The van der Waals surface area contributed by atoms with E-state index in [2.05, 4.69) is 31.8 Å². The third-order valence-corrected chi connectivity index (χ3v) is 3.91. The minimum absolute atomic E-state index is 0.0491. The van der Waals surface area contributed by atoms with E-state index in [0.29, 0.717) is 18.0 Å². The molecule has 112 valence electrons. The normalized spacial score (nSPS) is 12.8. The van der Waals surface area contributed by atoms with Crippen LogP contribution in [0.1, 0.15) is 43.0 Å². The van der Waals surface area contributed by atoms with Crippen LogP contribution in [0.15, 0.2) is 18.2 Å². The molecule has 1 aliphatic rings. The van der Waals surface area contributed by atoms with Crippen LogP contribution in [-0.2, 0) is 11.8 Å². The van der Waals surface area contributed by atoms with Crippen molar-refractivity contribution in [2.45, 2.75) is 32.6 Å². The average Bonchev–Trinajstić information content (AvgIpc) is 2.44. The predicted octanol–water partition coefficient (Wildman–Crippen LogP) is 3.11. The number of aromatic nitrogens is 1. The molecule has 0 bridgehead atoms. The Morgan fingerprint density at radius 3 is 2.64 bits per heavy atom. The summed E-state index contributed by atoms with van der Waals surface area (Å²) in [5.74, 6) is 1.33. The lowest BCUT2D eigenvalue weighted by Crippen LogP contribution is -2.17. The van der Waals surface area contributed by atoms with Crippen molar-refractivity contribution >= 4 is 11.5 Å². The van der Waals surface area contributed by atoms with Crippen LogP contribution >= 0.6 is 0 Å². The largest absolute Gasteiger partial charge is 0.438 e. The fourth-order valence-corrected chi connectivity index (χ4v) is 2.73. The highest BCUT2D eigenvalue weighted by atomic mass is 16.5. The van der Waals surface area contributed by atoms with Crippen LogP contribution in [0.3, 0.4) is 0 Å². The molecule has 0 amide bonds. The Morgan fingerprint density at radius 1 is 1.27 bits per heavy atom. The van der Waals surface area contributed by atoms with Crippen LogP contribution in [0.2, 0.25) is 0 Å². The zero-order valence-electron chi connectivity index (χ0n) is 12.9. The van der Waals surface area contributed by atoms with Gasteiger partial charge < -0.3 is 16.2 Å². The van der Waals surface area contributed by atoms with E-state index in [-0.39, 0.29) is 16.8 Å². The third kappa shape index (κ3) is 2.04. The van der Waals surface area contributed by atoms with E-state index in [9.17, 15) is 0 Å². The van der Waals surface area contributed by atoms with Crippen molar-refractivity contribution in [2.24, 2.45) is 0 Å². The molecule has 0 radical (unpaired) electrons. The summed E-state index contributed by atoms with van der Waals surface area (Å²) < 4.78 is 6.02. The Bertz CT molecular complexity index is 813. The van der Waals surface area contributed by atoms with E-state index in [1.54, 1.807) is 0 Å². The molecule has 0 aliphatic carbocycles. The summed E-state index contributed by atoms with van der Waals surface area (Å²) in [5.41, 5.74) is 15.3. The van der Waals surface area contributed by atoms with Gasteiger partial charge in [-0.05, 0) is 11.0 Å². The second-order valence-electron chi connectivity index (χ2n) is 6.50. The van der Waals surface area contributed by atoms with Gasteiger partial charge in [-0.3, -0.25) is 0 Å². The van der Waals surface area contributed by atoms with Gasteiger partial charge in [-0.2, -0.15) is 10.2 Å². The third-order valence-electron chi connectivity index (χ3n) is 3.91. The summed E-state index contributed by atoms with van der Waals surface area (Å²) in [6.07, 6.45) is 0.586. The van der Waals surface area contributed by atoms with Crippen molar-refractivity contribution in [3.05, 3.63) is 40.5 Å². The standard InChI is InChI=1S/C17H18N4O/c1-17(2,3)12-6-4-5-9-7-10-13(19)11(8-18)15(20)21-16(10)22-14(9)12/h4-6H,7H2,1-3H3,(H4,19,20,21). The van der Waals surface area contributed by atoms with Gasteiger partial charge in [0.15, 0.2) is 0 Å². The fraction of sp³-hybridized carbons (Fsp3) is 0.294. The Hall–Kier alpha value is -2.74. The van der Waals surface area contributed by atoms with Crippen LogP contribution in [0, 0.1) is 11.3 Å². The van der Waals surface area contributed by atoms with E-state index < -0.39 is 0 Å². The zero-order valence-corrected chi connectivity index (χ0v) is 12.9. The molecule has 0 fully saturated rings. The topological polar surface area (TPSA) is 98.0 Å². The maximum atomic E-state index is 9.16. The molecule has 3 rings (SSSR count). The fourth-order valence-electron chi connectivity index (χ4n) is 2.73. The minimum atomic E-state index is -0.0491. The quantitative estimate of drug-likeness (QED) is 0.663. The maximum absolute atomic E-state index is 9.16. The lowest BCUT2D eigenvalue weighted by Gasteiger charge is -2.28. The summed E-state index contributed by atoms with van der Waals surface area (Å²) in [4.78, 5) is 4.22. The Kier molecular flexibility index (Phi) is 2.99. The molecule has 0 unspecified atom stereocenters. The van der Waals surface area contributed by atoms with Gasteiger partial charge in [0.1, 0.15) is 23.2 Å². The summed E-state index contributed by atoms with van der Waals surface area (Å²) in [6, 6.07) is 8.08. The second kappa shape index (κ2) is 4.63. The van der Waals surface area contributed by atoms with Crippen molar-refractivity contribution in [1.29, 1.82) is 5.26 Å². The monoisotopic (exact) mass is 294 g/mol. The predicted molar refractivity (Wildman–Crippen MR) is 85.8 cm³/mol. The van der Waals surface area contributed by atoms with Gasteiger partial charge in [0.2, 0.25) is 5.88 Å². The van der Waals surface area contributed by atoms with Crippen LogP contribution < -0.4 is 16.2 Å². The zero-order chi connectivity index (χ0) is 16.1. The van der Waals surface area contributed by atoms with Gasteiger partial charge in [0, 0.05) is 17.5 Å². The Balaban J connectivity index is 2.19. The summed E-state index contributed by atoms with van der Waals surface area (Å²) in [7, 11) is 0. The molecule has 22 heavy (non-hydrogen) atoms. The van der Waals surface area contributed by atoms with Crippen molar-refractivity contribution in [3.8, 4) is 17.7 Å². The molecule has 0 saturated carbocycles. The minimum Gasteiger partial charge on any atom is -0.438 e. The molecule has 2 heterocycles. The van der Waals surface area contributed by atoms with Gasteiger partial charge >= 0.3 is 0 Å². The number of nitriles is 1. The number of nitrogen functional groups attached to an aromatic ring is 2. The SMILES string of the molecule is CC(C)(C)c1cccc2c1Oc1nc(N)c(C#N)c(N)c1C2. The van der Waals surface area contributed by atoms with Gasteiger partial charge in [-0.25, -0.2) is 0 Å². The molecule has 1 aromatic carbocycles. The number of pyridine rings is 1. The van der Waals surface area contributed by atoms with E-state index in [1.165, 1.54) is 0 Å². The molecular weight excluding hydrogens is 276 g/mol. The van der Waals surface area contributed by atoms with Crippen molar-refractivity contribution < 1.29 is 4.74 Å². The Morgan fingerprint density at radius 2 is 2.00 bits per heavy atom. The number of benzene rings is 1. The highest BCUT2D eigenvalue weighted by Crippen LogP contribution is 2.44. The number of ether oxygens (including phenoxy) is 1. The molecule has 1 aromatic heterocycles. The first-order valence-corrected chi connectivity index (χ1v) is 7.11. The van der Waals surface area contributed by atoms with E-state index in [1.807, 2.05) is 18.2 Å². The smallest absolute Gasteiger partial charge is 0.226 e. The highest BCUT2D eigenvalue weighted by molar-refractivity contribution is 5.72. The van der Waals surface area contributed by atoms with E-state index >= 15 is 0 Å². The molecule has 0 saturated heterocycles. The molecule has 1 aliphatic heterocycles. The first-order chi connectivity index (χ1) is 10.3. The van der Waals surface area contributed by atoms with Crippen LogP contribution in [0.25, 0.3) is 0 Å². The van der Waals surface area contributed by atoms with Gasteiger partial charge in [0.25, 0.3) is 0 Å². The number of hydrogen-bond donors (Lipinski definition) is 2. The highest BCUT2D eigenvalue weighted by Gasteiger charge is 2.29. The van der Waals surface area contributed by atoms with Crippen LogP contribution in [-0.4, -0.2) is 4.98 Å². The molecular formula is C17H18N4O. The van der Waals surface area contributed by atoms with E-state index in [0.717, 1.165) is 22.4 Å². The van der Waals surface area contributed by atoms with Gasteiger partial charge in [0.05, 0.1) is 5.69 Å². The number of rotatable bonds is 0. The molecule has 5 heteroatoms. The second-order valence-corrected chi connectivity index (χ2v) is 6.50. The Labute approximate surface area is 129 Å². The van der Waals surface area contributed by atoms with Crippen LogP contribution in [0.5, 0.6) is 11.6 Å². The van der Waals surface area contributed by atoms with E-state index in [4.69, 9.17) is 21.5 Å². The lowest BCUT2D eigenvalue weighted by atomic mass is 9.83. The maximum Gasteiger partial charge on any atom is 0.226 e. The summed E-state index contributed by atoms with van der Waals surface area (Å²) in [6.45, 7) is 6.41. The number of nitrogens with two attached hydrogens (primary N) is 2. The first-order valence-electron chi connectivity index (χ1n) is 7.11. The van der Waals surface area contributed by atoms with Gasteiger partial charge in [-0.1, -0.05) is 39.0 Å². The molecule has 0 atom stereocenters. The molecule has 0 spiro atoms. The lowest BCUT2D eigenvalue weighted by molar-refractivity contribution is 0.421. The summed E-state index contributed by atoms with van der Waals surface area (Å²) >= 11 is 0.